The van der Waals surface area contributed by atoms with Crippen molar-refractivity contribution in [1.82, 2.24) is 30.5 Å². The molecule has 182 valence electrons. The van der Waals surface area contributed by atoms with E-state index in [2.05, 4.69) is 35.2 Å². The zero-order valence-electron chi connectivity index (χ0n) is 18.6. The summed E-state index contributed by atoms with van der Waals surface area (Å²) < 4.78 is 42.9. The summed E-state index contributed by atoms with van der Waals surface area (Å²) in [7, 11) is 0. The second kappa shape index (κ2) is 10.3. The van der Waals surface area contributed by atoms with Gasteiger partial charge in [0.1, 0.15) is 11.3 Å². The molecule has 1 atom stereocenters. The maximum atomic E-state index is 12.9. The molecule has 0 aliphatic rings. The molecule has 1 aromatic carbocycles. The van der Waals surface area contributed by atoms with E-state index in [1.54, 1.807) is 31.5 Å². The van der Waals surface area contributed by atoms with Crippen LogP contribution in [0.3, 0.4) is 0 Å². The minimum atomic E-state index is -5.30. The fourth-order valence-corrected chi connectivity index (χ4v) is 3.15. The van der Waals surface area contributed by atoms with Crippen LogP contribution in [0.5, 0.6) is 5.88 Å². The first-order valence-electron chi connectivity index (χ1n) is 10.5. The molecule has 36 heavy (non-hydrogen) atoms. The van der Waals surface area contributed by atoms with E-state index in [9.17, 15) is 22.8 Å². The van der Waals surface area contributed by atoms with Crippen LogP contribution in [-0.2, 0) is 4.79 Å². The van der Waals surface area contributed by atoms with Gasteiger partial charge in [-0.25, -0.2) is 9.78 Å². The molecule has 1 N–H and O–H groups in total. The lowest BCUT2D eigenvalue weighted by molar-refractivity contribution is -0.190. The lowest BCUT2D eigenvalue weighted by atomic mass is 10.0. The molecule has 0 bridgehead atoms. The van der Waals surface area contributed by atoms with Gasteiger partial charge in [-0.1, -0.05) is 30.3 Å². The fourth-order valence-electron chi connectivity index (χ4n) is 3.15. The number of rotatable bonds is 6. The first-order valence-corrected chi connectivity index (χ1v) is 10.5. The number of alkyl halides is 3. The number of hydrogen-bond acceptors (Lipinski definition) is 8. The van der Waals surface area contributed by atoms with Crippen LogP contribution in [0.4, 0.5) is 13.2 Å². The Hall–Kier alpha value is -4.74. The highest BCUT2D eigenvalue weighted by molar-refractivity contribution is 5.97. The van der Waals surface area contributed by atoms with Crippen LogP contribution in [0, 0.1) is 0 Å². The van der Waals surface area contributed by atoms with E-state index in [1.165, 1.54) is 18.3 Å². The average Bonchev–Trinajstić information content (AvgIpc) is 2.89. The van der Waals surface area contributed by atoms with Crippen molar-refractivity contribution in [3.63, 3.8) is 0 Å². The Bertz CT molecular complexity index is 1370. The number of aromatic nitrogens is 5. The minimum absolute atomic E-state index is 0.107. The van der Waals surface area contributed by atoms with E-state index in [0.29, 0.717) is 0 Å². The number of carbonyl (C=O) groups excluding carboxylic acids is 2. The molecule has 3 aromatic heterocycles. The predicted octanol–water partition coefficient (Wildman–Crippen LogP) is 3.95. The van der Waals surface area contributed by atoms with Crippen molar-refractivity contribution in [1.29, 1.82) is 0 Å². The van der Waals surface area contributed by atoms with Crippen molar-refractivity contribution in [2.75, 3.05) is 0 Å². The molecule has 0 radical (unpaired) electrons. The van der Waals surface area contributed by atoms with Crippen LogP contribution in [0.1, 0.15) is 28.9 Å². The monoisotopic (exact) mass is 494 g/mol. The van der Waals surface area contributed by atoms with E-state index in [1.807, 2.05) is 24.3 Å². The molecule has 0 saturated carbocycles. The number of nitrogens with zero attached hydrogens (tertiary/aromatic N) is 5. The maximum Gasteiger partial charge on any atom is 0.491 e. The number of pyridine rings is 1. The van der Waals surface area contributed by atoms with Gasteiger partial charge in [0, 0.05) is 24.8 Å². The lowest BCUT2D eigenvalue weighted by Gasteiger charge is -2.16. The van der Waals surface area contributed by atoms with E-state index in [0.717, 1.165) is 22.9 Å². The molecule has 0 fully saturated rings. The van der Waals surface area contributed by atoms with Gasteiger partial charge < -0.3 is 10.1 Å². The van der Waals surface area contributed by atoms with Gasteiger partial charge in [-0.05, 0) is 41.8 Å². The molecular formula is C24H17F3N6O3. The Morgan fingerprint density at radius 1 is 0.972 bits per heavy atom. The largest absolute Gasteiger partial charge is 0.491 e. The number of benzene rings is 1. The van der Waals surface area contributed by atoms with Crippen molar-refractivity contribution in [2.24, 2.45) is 0 Å². The van der Waals surface area contributed by atoms with Crippen molar-refractivity contribution in [3.05, 3.63) is 84.4 Å². The smallest absolute Gasteiger partial charge is 0.400 e. The van der Waals surface area contributed by atoms with Crippen LogP contribution in [0.15, 0.2) is 73.3 Å². The summed E-state index contributed by atoms with van der Waals surface area (Å²) in [5.41, 5.74) is 2.20. The normalized spacial score (nSPS) is 12.0. The summed E-state index contributed by atoms with van der Waals surface area (Å²) in [4.78, 5) is 36.3. The second-order valence-electron chi connectivity index (χ2n) is 7.47. The molecule has 0 aliphatic carbocycles. The van der Waals surface area contributed by atoms with Gasteiger partial charge in [-0.15, -0.1) is 5.10 Å². The number of nitrogens with one attached hydrogen (secondary N) is 1. The van der Waals surface area contributed by atoms with Crippen LogP contribution in [0.25, 0.3) is 22.6 Å². The van der Waals surface area contributed by atoms with Gasteiger partial charge in [-0.2, -0.15) is 23.3 Å². The van der Waals surface area contributed by atoms with Gasteiger partial charge in [0.05, 0.1) is 6.04 Å². The Morgan fingerprint density at radius 2 is 1.72 bits per heavy atom. The summed E-state index contributed by atoms with van der Waals surface area (Å²) in [6.45, 7) is 1.69. The quantitative estimate of drug-likeness (QED) is 0.400. The standard InChI is InChI=1S/C24H17F3N6O3/c1-14(15-6-8-16(9-7-15)17-4-2-10-28-12-17)31-21(34)18-13-29-20(19-5-3-11-30-33-19)32-22(18)36-23(35)24(25,26)27/h2-14H,1H3,(H,31,34)/t14-/m0/s1. The summed E-state index contributed by atoms with van der Waals surface area (Å²) >= 11 is 0. The molecule has 4 aromatic rings. The van der Waals surface area contributed by atoms with Crippen LogP contribution >= 0.6 is 0 Å². The third-order valence-corrected chi connectivity index (χ3v) is 4.97. The summed E-state index contributed by atoms with van der Waals surface area (Å²) in [6.07, 6.45) is 0.423. The highest BCUT2D eigenvalue weighted by atomic mass is 19.4. The highest BCUT2D eigenvalue weighted by Gasteiger charge is 2.42. The van der Waals surface area contributed by atoms with E-state index < -0.39 is 35.5 Å². The Labute approximate surface area is 202 Å². The Balaban J connectivity index is 1.57. The van der Waals surface area contributed by atoms with Crippen molar-refractivity contribution in [2.45, 2.75) is 19.1 Å². The summed E-state index contributed by atoms with van der Waals surface area (Å²) in [5.74, 6) is -4.40. The van der Waals surface area contributed by atoms with Crippen LogP contribution < -0.4 is 10.1 Å². The number of halogens is 3. The molecule has 12 heteroatoms. The highest BCUT2D eigenvalue weighted by Crippen LogP contribution is 2.25. The molecular weight excluding hydrogens is 477 g/mol. The number of esters is 1. The lowest BCUT2D eigenvalue weighted by Crippen LogP contribution is -2.31. The summed E-state index contributed by atoms with van der Waals surface area (Å²) in [5, 5.41) is 10.1. The number of hydrogen-bond donors (Lipinski definition) is 1. The molecule has 4 rings (SSSR count). The first-order chi connectivity index (χ1) is 17.2. The zero-order valence-corrected chi connectivity index (χ0v) is 18.6. The van der Waals surface area contributed by atoms with Gasteiger partial charge in [0.25, 0.3) is 5.91 Å². The third-order valence-electron chi connectivity index (χ3n) is 4.97. The second-order valence-corrected chi connectivity index (χ2v) is 7.47. The maximum absolute atomic E-state index is 12.9. The molecule has 3 heterocycles. The van der Waals surface area contributed by atoms with Gasteiger partial charge in [-0.3, -0.25) is 9.78 Å². The zero-order chi connectivity index (χ0) is 25.7. The third kappa shape index (κ3) is 5.66. The minimum Gasteiger partial charge on any atom is -0.400 e. The van der Waals surface area contributed by atoms with Crippen LogP contribution in [-0.4, -0.2) is 43.2 Å². The van der Waals surface area contributed by atoms with E-state index >= 15 is 0 Å². The Kier molecular flexibility index (Phi) is 6.95. The Morgan fingerprint density at radius 3 is 2.36 bits per heavy atom. The van der Waals surface area contributed by atoms with Crippen molar-refractivity contribution < 1.29 is 27.5 Å². The molecule has 0 aliphatic heterocycles. The molecule has 0 unspecified atom stereocenters. The van der Waals surface area contributed by atoms with Gasteiger partial charge in [0.15, 0.2) is 5.82 Å². The van der Waals surface area contributed by atoms with Crippen molar-refractivity contribution in [3.8, 4) is 28.5 Å². The summed E-state index contributed by atoms with van der Waals surface area (Å²) in [6, 6.07) is 13.4. The number of ether oxygens (including phenoxy) is 1. The van der Waals surface area contributed by atoms with E-state index in [-0.39, 0.29) is 11.5 Å². The van der Waals surface area contributed by atoms with Gasteiger partial charge in [0.2, 0.25) is 5.88 Å². The number of carbonyl (C=O) groups is 2. The predicted molar refractivity (Wildman–Crippen MR) is 120 cm³/mol. The average molecular weight is 494 g/mol. The SMILES string of the molecule is C[C@H](NC(=O)c1cnc(-c2cccnn2)nc1OC(=O)C(F)(F)F)c1ccc(-c2cccnc2)cc1. The van der Waals surface area contributed by atoms with Gasteiger partial charge >= 0.3 is 12.1 Å². The topological polar surface area (TPSA) is 120 Å². The molecule has 0 saturated heterocycles. The fraction of sp³-hybridized carbons (Fsp3) is 0.125. The molecule has 0 spiro atoms. The van der Waals surface area contributed by atoms with Crippen LogP contribution in [0.2, 0.25) is 0 Å². The van der Waals surface area contributed by atoms with Crippen molar-refractivity contribution >= 4 is 11.9 Å². The number of amides is 1. The molecule has 1 amide bonds. The van der Waals surface area contributed by atoms with E-state index in [4.69, 9.17) is 0 Å². The molecule has 9 nitrogen and oxygen atoms in total. The first kappa shape index (κ1) is 24.4.